The van der Waals surface area contributed by atoms with Crippen molar-refractivity contribution >= 4 is 27.6 Å². The number of carboxylic acids is 1. The van der Waals surface area contributed by atoms with Crippen molar-refractivity contribution in [3.05, 3.63) is 28.0 Å². The standard InChI is InChI=1S/C15H19BrFNO3/c16-13-11(15(20)21)5-6-12(14(13)17)18-7-9-3-1-2-4-10(9)8-19/h5-6,9-10,18-19H,1-4,7-8H2,(H,20,21). The number of benzene rings is 1. The van der Waals surface area contributed by atoms with Gasteiger partial charge in [-0.05, 0) is 52.7 Å². The fraction of sp³-hybridized carbons (Fsp3) is 0.533. The highest BCUT2D eigenvalue weighted by Crippen LogP contribution is 2.31. The Morgan fingerprint density at radius 2 is 2.00 bits per heavy atom. The van der Waals surface area contributed by atoms with Gasteiger partial charge in [0, 0.05) is 13.2 Å². The first-order chi connectivity index (χ1) is 10.0. The Morgan fingerprint density at radius 1 is 1.33 bits per heavy atom. The highest BCUT2D eigenvalue weighted by molar-refractivity contribution is 9.10. The van der Waals surface area contributed by atoms with E-state index in [0.717, 1.165) is 25.7 Å². The molecular weight excluding hydrogens is 341 g/mol. The van der Waals surface area contributed by atoms with Crippen LogP contribution in [0.3, 0.4) is 0 Å². The van der Waals surface area contributed by atoms with Crippen molar-refractivity contribution in [2.75, 3.05) is 18.5 Å². The van der Waals surface area contributed by atoms with Crippen molar-refractivity contribution in [3.63, 3.8) is 0 Å². The summed E-state index contributed by atoms with van der Waals surface area (Å²) in [6, 6.07) is 2.82. The van der Waals surface area contributed by atoms with Gasteiger partial charge in [0.15, 0.2) is 5.82 Å². The van der Waals surface area contributed by atoms with Crippen LogP contribution in [0.1, 0.15) is 36.0 Å². The maximum Gasteiger partial charge on any atom is 0.336 e. The summed E-state index contributed by atoms with van der Waals surface area (Å²) in [5.74, 6) is -1.18. The van der Waals surface area contributed by atoms with E-state index in [4.69, 9.17) is 5.11 Å². The lowest BCUT2D eigenvalue weighted by molar-refractivity contribution is 0.0695. The molecule has 2 rings (SSSR count). The summed E-state index contributed by atoms with van der Waals surface area (Å²) in [6.45, 7) is 0.748. The lowest BCUT2D eigenvalue weighted by atomic mass is 9.79. The van der Waals surface area contributed by atoms with Crippen molar-refractivity contribution in [1.29, 1.82) is 0 Å². The predicted molar refractivity (Wildman–Crippen MR) is 82.1 cm³/mol. The van der Waals surface area contributed by atoms with E-state index in [9.17, 15) is 14.3 Å². The Bertz CT molecular complexity index is 524. The quantitative estimate of drug-likeness (QED) is 0.752. The smallest absolute Gasteiger partial charge is 0.336 e. The molecule has 1 aliphatic carbocycles. The summed E-state index contributed by atoms with van der Waals surface area (Å²) < 4.78 is 14.1. The number of halogens is 2. The van der Waals surface area contributed by atoms with Gasteiger partial charge in [0.1, 0.15) is 0 Å². The molecule has 6 heteroatoms. The van der Waals surface area contributed by atoms with Gasteiger partial charge in [-0.3, -0.25) is 0 Å². The van der Waals surface area contributed by atoms with Gasteiger partial charge in [-0.25, -0.2) is 9.18 Å². The second kappa shape index (κ2) is 7.22. The van der Waals surface area contributed by atoms with Gasteiger partial charge in [-0.2, -0.15) is 0 Å². The van der Waals surface area contributed by atoms with Crippen LogP contribution in [-0.4, -0.2) is 29.3 Å². The average Bonchev–Trinajstić information content (AvgIpc) is 2.48. The molecule has 2 unspecified atom stereocenters. The predicted octanol–water partition coefficient (Wildman–Crippen LogP) is 3.50. The lowest BCUT2D eigenvalue weighted by Crippen LogP contribution is -2.28. The van der Waals surface area contributed by atoms with Crippen LogP contribution in [0, 0.1) is 17.7 Å². The summed E-state index contributed by atoms with van der Waals surface area (Å²) in [4.78, 5) is 10.9. The fourth-order valence-corrected chi connectivity index (χ4v) is 3.40. The van der Waals surface area contributed by atoms with Crippen LogP contribution < -0.4 is 5.32 Å². The van der Waals surface area contributed by atoms with E-state index in [1.807, 2.05) is 0 Å². The van der Waals surface area contributed by atoms with Crippen LogP contribution in [0.15, 0.2) is 16.6 Å². The zero-order valence-corrected chi connectivity index (χ0v) is 13.2. The van der Waals surface area contributed by atoms with Gasteiger partial charge < -0.3 is 15.5 Å². The van der Waals surface area contributed by atoms with E-state index < -0.39 is 11.8 Å². The Hall–Kier alpha value is -1.14. The van der Waals surface area contributed by atoms with E-state index in [2.05, 4.69) is 21.2 Å². The Labute approximate surface area is 131 Å². The van der Waals surface area contributed by atoms with Crippen molar-refractivity contribution in [3.8, 4) is 0 Å². The molecule has 1 aromatic rings. The molecule has 1 fully saturated rings. The number of anilines is 1. The fourth-order valence-electron chi connectivity index (χ4n) is 2.89. The number of carbonyl (C=O) groups is 1. The zero-order valence-electron chi connectivity index (χ0n) is 11.6. The third kappa shape index (κ3) is 3.74. The van der Waals surface area contributed by atoms with E-state index in [1.165, 1.54) is 12.1 Å². The number of aliphatic hydroxyl groups excluding tert-OH is 1. The molecule has 0 heterocycles. The largest absolute Gasteiger partial charge is 0.478 e. The minimum Gasteiger partial charge on any atom is -0.478 e. The van der Waals surface area contributed by atoms with E-state index in [-0.39, 0.29) is 28.2 Å². The lowest BCUT2D eigenvalue weighted by Gasteiger charge is -2.30. The topological polar surface area (TPSA) is 69.6 Å². The number of rotatable bonds is 5. The van der Waals surface area contributed by atoms with Crippen LogP contribution in [0.4, 0.5) is 10.1 Å². The molecule has 0 aliphatic heterocycles. The SMILES string of the molecule is O=C(O)c1ccc(NCC2CCCCC2CO)c(F)c1Br. The van der Waals surface area contributed by atoms with Crippen LogP contribution in [0.5, 0.6) is 0 Å². The van der Waals surface area contributed by atoms with Crippen molar-refractivity contribution in [2.45, 2.75) is 25.7 Å². The van der Waals surface area contributed by atoms with E-state index >= 15 is 0 Å². The summed E-state index contributed by atoms with van der Waals surface area (Å²) in [5.41, 5.74) is 0.193. The van der Waals surface area contributed by atoms with Gasteiger partial charge >= 0.3 is 5.97 Å². The number of carboxylic acid groups (broad SMARTS) is 1. The molecule has 1 aliphatic rings. The van der Waals surface area contributed by atoms with Gasteiger partial charge in [0.25, 0.3) is 0 Å². The Balaban J connectivity index is 2.06. The van der Waals surface area contributed by atoms with Crippen LogP contribution >= 0.6 is 15.9 Å². The molecule has 1 aromatic carbocycles. The molecule has 3 N–H and O–H groups in total. The first-order valence-corrected chi connectivity index (χ1v) is 7.90. The summed E-state index contributed by atoms with van der Waals surface area (Å²) in [5, 5.41) is 21.4. The monoisotopic (exact) mass is 359 g/mol. The minimum absolute atomic E-state index is 0.0395. The molecule has 1 saturated carbocycles. The molecule has 0 saturated heterocycles. The zero-order chi connectivity index (χ0) is 15.4. The van der Waals surface area contributed by atoms with Crippen molar-refractivity contribution < 1.29 is 19.4 Å². The van der Waals surface area contributed by atoms with Crippen LogP contribution in [0.25, 0.3) is 0 Å². The normalized spacial score (nSPS) is 22.0. The van der Waals surface area contributed by atoms with Crippen molar-refractivity contribution in [1.82, 2.24) is 0 Å². The molecule has 4 nitrogen and oxygen atoms in total. The molecule has 116 valence electrons. The summed E-state index contributed by atoms with van der Waals surface area (Å²) >= 11 is 2.99. The molecule has 0 spiro atoms. The molecule has 0 bridgehead atoms. The Morgan fingerprint density at radius 3 is 2.62 bits per heavy atom. The summed E-state index contributed by atoms with van der Waals surface area (Å²) in [7, 11) is 0. The number of hydrogen-bond acceptors (Lipinski definition) is 3. The second-order valence-corrected chi connectivity index (χ2v) is 6.25. The van der Waals surface area contributed by atoms with Gasteiger partial charge in [0.05, 0.1) is 15.7 Å². The first kappa shape index (κ1) is 16.2. The summed E-state index contributed by atoms with van der Waals surface area (Å²) in [6.07, 6.45) is 4.29. The van der Waals surface area contributed by atoms with Gasteiger partial charge in [0.2, 0.25) is 0 Å². The molecule has 0 amide bonds. The Kier molecular flexibility index (Phi) is 5.58. The average molecular weight is 360 g/mol. The molecule has 21 heavy (non-hydrogen) atoms. The maximum absolute atomic E-state index is 14.1. The van der Waals surface area contributed by atoms with Crippen LogP contribution in [-0.2, 0) is 0 Å². The van der Waals surface area contributed by atoms with Crippen molar-refractivity contribution in [2.24, 2.45) is 11.8 Å². The first-order valence-electron chi connectivity index (χ1n) is 7.10. The molecule has 0 radical (unpaired) electrons. The molecule has 0 aromatic heterocycles. The van der Waals surface area contributed by atoms with Gasteiger partial charge in [-0.1, -0.05) is 12.8 Å². The highest BCUT2D eigenvalue weighted by atomic mass is 79.9. The minimum atomic E-state index is -1.17. The number of aliphatic hydroxyl groups is 1. The highest BCUT2D eigenvalue weighted by Gasteiger charge is 2.24. The maximum atomic E-state index is 14.1. The number of nitrogens with one attached hydrogen (secondary N) is 1. The number of aromatic carboxylic acids is 1. The van der Waals surface area contributed by atoms with Crippen LogP contribution in [0.2, 0.25) is 0 Å². The second-order valence-electron chi connectivity index (χ2n) is 5.46. The molecular formula is C15H19BrFNO3. The third-order valence-corrected chi connectivity index (χ3v) is 4.94. The number of hydrogen-bond donors (Lipinski definition) is 3. The van der Waals surface area contributed by atoms with E-state index in [1.54, 1.807) is 0 Å². The third-order valence-electron chi connectivity index (χ3n) is 4.17. The van der Waals surface area contributed by atoms with Gasteiger partial charge in [-0.15, -0.1) is 0 Å². The molecule has 2 atom stereocenters. The van der Waals surface area contributed by atoms with E-state index in [0.29, 0.717) is 12.5 Å².